The number of aromatic nitrogens is 6. The van der Waals surface area contributed by atoms with E-state index in [0.29, 0.717) is 23.2 Å². The van der Waals surface area contributed by atoms with E-state index in [-0.39, 0.29) is 0 Å². The second-order valence-electron chi connectivity index (χ2n) is 12.0. The molecule has 6 heteroatoms. The van der Waals surface area contributed by atoms with Crippen molar-refractivity contribution in [1.82, 2.24) is 28.9 Å². The number of nitrogens with zero attached hydrogens (tertiary/aromatic N) is 6. The lowest BCUT2D eigenvalue weighted by Gasteiger charge is -2.13. The number of hydrogen-bond donors (Lipinski definition) is 0. The molecule has 0 N–H and O–H groups in total. The Balaban J connectivity index is 1.22. The van der Waals surface area contributed by atoms with Crippen molar-refractivity contribution in [3.05, 3.63) is 158 Å². The van der Waals surface area contributed by atoms with Crippen LogP contribution >= 0.6 is 0 Å². The standard InChI is InChI=1S/C42H26N6/c1-3-12-28(13-4-1)40-44-41(29-14-5-2-6-15-29)46-42(45-40)33-25-23-30(26-43-33)47-35-19-9-10-20-36(35)48-34-18-8-7-17-31(34)32-24-22-27-16-11-21-37(47)38(27)39(32)48/h1-26H. The molecule has 0 aliphatic rings. The lowest BCUT2D eigenvalue weighted by Crippen LogP contribution is -2.02. The third-order valence-corrected chi connectivity index (χ3v) is 9.19. The van der Waals surface area contributed by atoms with Gasteiger partial charge < -0.3 is 8.97 Å². The van der Waals surface area contributed by atoms with Gasteiger partial charge >= 0.3 is 0 Å². The molecule has 0 atom stereocenters. The molecule has 4 heterocycles. The van der Waals surface area contributed by atoms with E-state index in [2.05, 4.69) is 93.9 Å². The topological polar surface area (TPSA) is 60.9 Å². The molecule has 10 rings (SSSR count). The van der Waals surface area contributed by atoms with Crippen LogP contribution in [0, 0.1) is 0 Å². The first kappa shape index (κ1) is 26.5. The van der Waals surface area contributed by atoms with Gasteiger partial charge in [0.1, 0.15) is 5.69 Å². The SMILES string of the molecule is c1ccc(-c2nc(-c3ccccc3)nc(-c3ccc(-n4c5cccc6ccc7c8ccccc8n(c8ccccc84)c7c65)cn3)n2)cc1. The van der Waals surface area contributed by atoms with Gasteiger partial charge in [-0.15, -0.1) is 0 Å². The van der Waals surface area contributed by atoms with Gasteiger partial charge in [-0.25, -0.2) is 15.0 Å². The maximum Gasteiger partial charge on any atom is 0.182 e. The molecule has 10 aromatic rings. The minimum Gasteiger partial charge on any atom is -0.306 e. The van der Waals surface area contributed by atoms with Gasteiger partial charge in [-0.2, -0.15) is 0 Å². The van der Waals surface area contributed by atoms with Crippen molar-refractivity contribution in [2.24, 2.45) is 0 Å². The van der Waals surface area contributed by atoms with Gasteiger partial charge in [-0.3, -0.25) is 4.98 Å². The average molecular weight is 615 g/mol. The summed E-state index contributed by atoms with van der Waals surface area (Å²) in [6.45, 7) is 0. The average Bonchev–Trinajstić information content (AvgIpc) is 3.44. The summed E-state index contributed by atoms with van der Waals surface area (Å²) in [5.41, 5.74) is 9.20. The number of fused-ring (bicyclic) bond motifs is 5. The summed E-state index contributed by atoms with van der Waals surface area (Å²) < 4.78 is 4.75. The largest absolute Gasteiger partial charge is 0.306 e. The molecular formula is C42H26N6. The zero-order valence-corrected chi connectivity index (χ0v) is 25.7. The summed E-state index contributed by atoms with van der Waals surface area (Å²) in [6, 6.07) is 52.5. The van der Waals surface area contributed by atoms with E-state index >= 15 is 0 Å². The van der Waals surface area contributed by atoms with E-state index < -0.39 is 0 Å². The van der Waals surface area contributed by atoms with E-state index in [1.807, 2.05) is 72.9 Å². The highest BCUT2D eigenvalue weighted by Crippen LogP contribution is 2.39. The molecule has 0 fully saturated rings. The third-order valence-electron chi connectivity index (χ3n) is 9.19. The fourth-order valence-electron chi connectivity index (χ4n) is 7.07. The second kappa shape index (κ2) is 10.4. The first-order chi connectivity index (χ1) is 23.8. The molecule has 0 bridgehead atoms. The maximum absolute atomic E-state index is 5.00. The van der Waals surface area contributed by atoms with Gasteiger partial charge in [0.2, 0.25) is 0 Å². The number of para-hydroxylation sites is 3. The maximum atomic E-state index is 5.00. The Morgan fingerprint density at radius 3 is 1.75 bits per heavy atom. The van der Waals surface area contributed by atoms with E-state index in [4.69, 9.17) is 19.9 Å². The quantitative estimate of drug-likeness (QED) is 0.198. The van der Waals surface area contributed by atoms with Crippen molar-refractivity contribution in [2.45, 2.75) is 0 Å². The van der Waals surface area contributed by atoms with Crippen LogP contribution in [-0.4, -0.2) is 28.9 Å². The highest BCUT2D eigenvalue weighted by molar-refractivity contribution is 6.23. The molecule has 0 aliphatic heterocycles. The van der Waals surface area contributed by atoms with Crippen LogP contribution in [0.4, 0.5) is 0 Å². The van der Waals surface area contributed by atoms with Crippen LogP contribution in [0.25, 0.3) is 89.1 Å². The minimum atomic E-state index is 0.528. The molecule has 0 saturated carbocycles. The summed E-state index contributed by atoms with van der Waals surface area (Å²) in [5.74, 6) is 1.75. The summed E-state index contributed by atoms with van der Waals surface area (Å²) in [6.07, 6.45) is 1.93. The van der Waals surface area contributed by atoms with E-state index in [9.17, 15) is 0 Å². The van der Waals surface area contributed by atoms with Gasteiger partial charge in [0, 0.05) is 27.3 Å². The molecule has 0 radical (unpaired) electrons. The molecular weight excluding hydrogens is 589 g/mol. The second-order valence-corrected chi connectivity index (χ2v) is 12.0. The predicted molar refractivity (Wildman–Crippen MR) is 194 cm³/mol. The lowest BCUT2D eigenvalue weighted by molar-refractivity contribution is 1.05. The lowest BCUT2D eigenvalue weighted by atomic mass is 10.0. The number of hydrogen-bond acceptors (Lipinski definition) is 4. The van der Waals surface area contributed by atoms with Crippen LogP contribution < -0.4 is 0 Å². The van der Waals surface area contributed by atoms with E-state index in [1.165, 1.54) is 32.6 Å². The Labute approximate surface area is 275 Å². The molecule has 0 unspecified atom stereocenters. The van der Waals surface area contributed by atoms with E-state index in [0.717, 1.165) is 33.4 Å². The number of rotatable bonds is 4. The molecule has 0 amide bonds. The van der Waals surface area contributed by atoms with E-state index in [1.54, 1.807) is 0 Å². The van der Waals surface area contributed by atoms with Crippen LogP contribution in [0.1, 0.15) is 0 Å². The van der Waals surface area contributed by atoms with Crippen molar-refractivity contribution in [3.63, 3.8) is 0 Å². The number of pyridine rings is 1. The first-order valence-electron chi connectivity index (χ1n) is 16.0. The first-order valence-corrected chi connectivity index (χ1v) is 16.0. The van der Waals surface area contributed by atoms with Crippen molar-refractivity contribution in [3.8, 4) is 40.0 Å². The smallest absolute Gasteiger partial charge is 0.182 e. The van der Waals surface area contributed by atoms with Gasteiger partial charge in [0.15, 0.2) is 17.5 Å². The zero-order valence-electron chi connectivity index (χ0n) is 25.7. The summed E-state index contributed by atoms with van der Waals surface area (Å²) in [5, 5.41) is 4.90. The van der Waals surface area contributed by atoms with Crippen LogP contribution in [0.15, 0.2) is 158 Å². The van der Waals surface area contributed by atoms with Crippen LogP contribution in [-0.2, 0) is 0 Å². The van der Waals surface area contributed by atoms with Crippen LogP contribution in [0.5, 0.6) is 0 Å². The van der Waals surface area contributed by atoms with Crippen molar-refractivity contribution >= 4 is 49.1 Å². The fraction of sp³-hybridized carbons (Fsp3) is 0. The molecule has 0 saturated heterocycles. The van der Waals surface area contributed by atoms with Gasteiger partial charge in [0.05, 0.1) is 39.5 Å². The summed E-state index contributed by atoms with van der Waals surface area (Å²) in [4.78, 5) is 19.6. The molecule has 6 nitrogen and oxygen atoms in total. The Morgan fingerprint density at radius 1 is 0.417 bits per heavy atom. The van der Waals surface area contributed by atoms with Gasteiger partial charge in [-0.1, -0.05) is 115 Å². The minimum absolute atomic E-state index is 0.528. The summed E-state index contributed by atoms with van der Waals surface area (Å²) in [7, 11) is 0. The van der Waals surface area contributed by atoms with Gasteiger partial charge in [-0.05, 0) is 41.8 Å². The Kier molecular flexibility index (Phi) is 5.77. The monoisotopic (exact) mass is 614 g/mol. The Bertz CT molecular complexity index is 2740. The third kappa shape index (κ3) is 3.99. The molecule has 0 spiro atoms. The van der Waals surface area contributed by atoms with Crippen LogP contribution in [0.3, 0.4) is 0 Å². The van der Waals surface area contributed by atoms with Crippen molar-refractivity contribution in [1.29, 1.82) is 0 Å². The van der Waals surface area contributed by atoms with Crippen molar-refractivity contribution in [2.75, 3.05) is 0 Å². The molecule has 224 valence electrons. The zero-order chi connectivity index (χ0) is 31.6. The van der Waals surface area contributed by atoms with Crippen LogP contribution in [0.2, 0.25) is 0 Å². The number of benzene rings is 6. The molecule has 6 aromatic carbocycles. The Hall–Kier alpha value is -6.66. The fourth-order valence-corrected chi connectivity index (χ4v) is 7.07. The van der Waals surface area contributed by atoms with Gasteiger partial charge in [0.25, 0.3) is 0 Å². The molecule has 0 aliphatic carbocycles. The highest BCUT2D eigenvalue weighted by atomic mass is 15.1. The highest BCUT2D eigenvalue weighted by Gasteiger charge is 2.19. The predicted octanol–water partition coefficient (Wildman–Crippen LogP) is 9.92. The Morgan fingerprint density at radius 2 is 1.04 bits per heavy atom. The summed E-state index contributed by atoms with van der Waals surface area (Å²) >= 11 is 0. The van der Waals surface area contributed by atoms with Crippen molar-refractivity contribution < 1.29 is 0 Å². The normalized spacial score (nSPS) is 11.8. The molecule has 48 heavy (non-hydrogen) atoms. The molecule has 4 aromatic heterocycles.